The normalized spacial score (nSPS) is 12.4. The highest BCUT2D eigenvalue weighted by Crippen LogP contribution is 2.38. The standard InChI is InChI=1S/C29H42O3/c1-5-8-10-12-22-31-27-18-14-25(15-19-27)29(30,24(4)7-3)26-16-20-28(21-17-26)32-23-13-11-9-6-2/h7,14-21,24,30H,3,5-6,8-13,22-23H2,1-2,4H3. The molecule has 0 aliphatic heterocycles. The molecule has 3 heteroatoms. The van der Waals surface area contributed by atoms with Crippen LogP contribution in [0.25, 0.3) is 0 Å². The molecule has 0 fully saturated rings. The van der Waals surface area contributed by atoms with Gasteiger partial charge in [0.1, 0.15) is 17.1 Å². The largest absolute Gasteiger partial charge is 0.494 e. The molecule has 0 bridgehead atoms. The van der Waals surface area contributed by atoms with E-state index < -0.39 is 5.60 Å². The highest BCUT2D eigenvalue weighted by Gasteiger charge is 2.36. The summed E-state index contributed by atoms with van der Waals surface area (Å²) in [5.41, 5.74) is 0.495. The SMILES string of the molecule is C=CC(C)C(O)(c1ccc(OCCCCCC)cc1)c1ccc(OCCCCCC)cc1. The molecule has 0 aliphatic rings. The van der Waals surface area contributed by atoms with E-state index in [0.717, 1.165) is 48.7 Å². The number of rotatable bonds is 16. The highest BCUT2D eigenvalue weighted by atomic mass is 16.5. The predicted octanol–water partition coefficient (Wildman–Crippen LogP) is 7.66. The highest BCUT2D eigenvalue weighted by molar-refractivity contribution is 5.42. The Balaban J connectivity index is 2.08. The number of hydrogen-bond acceptors (Lipinski definition) is 3. The second-order valence-corrected chi connectivity index (χ2v) is 8.66. The van der Waals surface area contributed by atoms with Crippen LogP contribution in [-0.2, 0) is 5.60 Å². The van der Waals surface area contributed by atoms with Gasteiger partial charge in [-0.1, -0.05) is 89.6 Å². The number of unbranched alkanes of at least 4 members (excludes halogenated alkanes) is 6. The summed E-state index contributed by atoms with van der Waals surface area (Å²) < 4.78 is 11.7. The molecule has 3 nitrogen and oxygen atoms in total. The van der Waals surface area contributed by atoms with Crippen molar-refractivity contribution in [2.75, 3.05) is 13.2 Å². The summed E-state index contributed by atoms with van der Waals surface area (Å²) in [5, 5.41) is 11.8. The molecule has 1 unspecified atom stereocenters. The van der Waals surface area contributed by atoms with Gasteiger partial charge in [0, 0.05) is 5.92 Å². The molecule has 176 valence electrons. The zero-order valence-electron chi connectivity index (χ0n) is 20.3. The van der Waals surface area contributed by atoms with Crippen LogP contribution in [0.4, 0.5) is 0 Å². The molecule has 0 saturated carbocycles. The van der Waals surface area contributed by atoms with Gasteiger partial charge in [0.2, 0.25) is 0 Å². The molecule has 0 heterocycles. The van der Waals surface area contributed by atoms with Crippen molar-refractivity contribution in [1.29, 1.82) is 0 Å². The van der Waals surface area contributed by atoms with Gasteiger partial charge in [-0.3, -0.25) is 0 Å². The second kappa shape index (κ2) is 14.0. The van der Waals surface area contributed by atoms with Crippen molar-refractivity contribution in [2.24, 2.45) is 5.92 Å². The van der Waals surface area contributed by atoms with Crippen molar-refractivity contribution in [1.82, 2.24) is 0 Å². The van der Waals surface area contributed by atoms with E-state index in [4.69, 9.17) is 9.47 Å². The minimum atomic E-state index is -1.17. The Labute approximate surface area is 195 Å². The average Bonchev–Trinajstić information content (AvgIpc) is 2.83. The lowest BCUT2D eigenvalue weighted by molar-refractivity contribution is 0.0434. The molecule has 0 radical (unpaired) electrons. The van der Waals surface area contributed by atoms with Crippen molar-refractivity contribution in [2.45, 2.75) is 77.7 Å². The Kier molecular flexibility index (Phi) is 11.4. The second-order valence-electron chi connectivity index (χ2n) is 8.66. The van der Waals surface area contributed by atoms with Crippen LogP contribution in [0.1, 0.15) is 83.3 Å². The third-order valence-electron chi connectivity index (χ3n) is 6.13. The Morgan fingerprint density at radius 3 is 1.50 bits per heavy atom. The Morgan fingerprint density at radius 2 is 1.16 bits per heavy atom. The third-order valence-corrected chi connectivity index (χ3v) is 6.13. The topological polar surface area (TPSA) is 38.7 Å². The van der Waals surface area contributed by atoms with E-state index in [0.29, 0.717) is 0 Å². The molecule has 0 spiro atoms. The van der Waals surface area contributed by atoms with Crippen molar-refractivity contribution in [3.8, 4) is 11.5 Å². The average molecular weight is 439 g/mol. The zero-order valence-corrected chi connectivity index (χ0v) is 20.3. The summed E-state index contributed by atoms with van der Waals surface area (Å²) in [6.07, 6.45) is 11.3. The van der Waals surface area contributed by atoms with Crippen molar-refractivity contribution < 1.29 is 14.6 Å². The smallest absolute Gasteiger partial charge is 0.121 e. The van der Waals surface area contributed by atoms with Gasteiger partial charge in [0.15, 0.2) is 0 Å². The first-order valence-electron chi connectivity index (χ1n) is 12.4. The molecule has 2 aromatic carbocycles. The van der Waals surface area contributed by atoms with E-state index in [1.54, 1.807) is 6.08 Å². The van der Waals surface area contributed by atoms with Gasteiger partial charge in [-0.25, -0.2) is 0 Å². The maximum atomic E-state index is 11.8. The van der Waals surface area contributed by atoms with Crippen LogP contribution in [0.5, 0.6) is 11.5 Å². The van der Waals surface area contributed by atoms with Gasteiger partial charge in [0.05, 0.1) is 13.2 Å². The quantitative estimate of drug-likeness (QED) is 0.216. The fourth-order valence-electron chi connectivity index (χ4n) is 3.91. The number of benzene rings is 2. The summed E-state index contributed by atoms with van der Waals surface area (Å²) in [6.45, 7) is 11.8. The third kappa shape index (κ3) is 7.41. The molecule has 2 aromatic rings. The molecule has 0 aromatic heterocycles. The van der Waals surface area contributed by atoms with Crippen LogP contribution in [0.2, 0.25) is 0 Å². The van der Waals surface area contributed by atoms with E-state index in [1.165, 1.54) is 38.5 Å². The molecular weight excluding hydrogens is 396 g/mol. The monoisotopic (exact) mass is 438 g/mol. The van der Waals surface area contributed by atoms with Crippen LogP contribution in [0.15, 0.2) is 61.2 Å². The van der Waals surface area contributed by atoms with E-state index >= 15 is 0 Å². The van der Waals surface area contributed by atoms with E-state index in [9.17, 15) is 5.11 Å². The molecule has 0 aliphatic carbocycles. The van der Waals surface area contributed by atoms with Gasteiger partial charge in [-0.15, -0.1) is 6.58 Å². The van der Waals surface area contributed by atoms with Crippen molar-refractivity contribution >= 4 is 0 Å². The lowest BCUT2D eigenvalue weighted by Crippen LogP contribution is -2.33. The summed E-state index contributed by atoms with van der Waals surface area (Å²) in [4.78, 5) is 0. The van der Waals surface area contributed by atoms with Crippen molar-refractivity contribution in [3.63, 3.8) is 0 Å². The molecule has 0 amide bonds. The lowest BCUT2D eigenvalue weighted by Gasteiger charge is -2.34. The molecule has 1 N–H and O–H groups in total. The molecule has 32 heavy (non-hydrogen) atoms. The number of hydrogen-bond donors (Lipinski definition) is 1. The van der Waals surface area contributed by atoms with Crippen LogP contribution in [-0.4, -0.2) is 18.3 Å². The predicted molar refractivity (Wildman–Crippen MR) is 135 cm³/mol. The first-order valence-corrected chi connectivity index (χ1v) is 12.4. The first-order chi connectivity index (χ1) is 15.6. The van der Waals surface area contributed by atoms with E-state index in [1.807, 2.05) is 55.5 Å². The fraction of sp³-hybridized carbons (Fsp3) is 0.517. The van der Waals surface area contributed by atoms with Gasteiger partial charge in [-0.05, 0) is 48.2 Å². The van der Waals surface area contributed by atoms with Gasteiger partial charge in [-0.2, -0.15) is 0 Å². The van der Waals surface area contributed by atoms with Crippen LogP contribution >= 0.6 is 0 Å². The molecule has 2 rings (SSSR count). The van der Waals surface area contributed by atoms with Crippen LogP contribution < -0.4 is 9.47 Å². The minimum absolute atomic E-state index is 0.163. The summed E-state index contributed by atoms with van der Waals surface area (Å²) in [5.74, 6) is 1.51. The fourth-order valence-corrected chi connectivity index (χ4v) is 3.91. The zero-order chi connectivity index (χ0) is 23.2. The lowest BCUT2D eigenvalue weighted by atomic mass is 9.77. The Hall–Kier alpha value is -2.26. The Bertz CT molecular complexity index is 706. The summed E-state index contributed by atoms with van der Waals surface area (Å²) in [7, 11) is 0. The van der Waals surface area contributed by atoms with Crippen molar-refractivity contribution in [3.05, 3.63) is 72.3 Å². The first kappa shape index (κ1) is 26.0. The maximum absolute atomic E-state index is 11.8. The van der Waals surface area contributed by atoms with E-state index in [2.05, 4.69) is 20.4 Å². The molecule has 0 saturated heterocycles. The van der Waals surface area contributed by atoms with Gasteiger partial charge >= 0.3 is 0 Å². The van der Waals surface area contributed by atoms with E-state index in [-0.39, 0.29) is 5.92 Å². The van der Waals surface area contributed by atoms with Gasteiger partial charge in [0.25, 0.3) is 0 Å². The number of aliphatic hydroxyl groups is 1. The van der Waals surface area contributed by atoms with Crippen LogP contribution in [0, 0.1) is 5.92 Å². The summed E-state index contributed by atoms with van der Waals surface area (Å²) in [6, 6.07) is 15.6. The van der Waals surface area contributed by atoms with Crippen LogP contribution in [0.3, 0.4) is 0 Å². The molecule has 1 atom stereocenters. The summed E-state index contributed by atoms with van der Waals surface area (Å²) >= 11 is 0. The van der Waals surface area contributed by atoms with Gasteiger partial charge < -0.3 is 14.6 Å². The maximum Gasteiger partial charge on any atom is 0.121 e. The Morgan fingerprint density at radius 1 is 0.750 bits per heavy atom. The molecular formula is C29H42O3. The number of ether oxygens (including phenoxy) is 2. The minimum Gasteiger partial charge on any atom is -0.494 e.